The van der Waals surface area contributed by atoms with Gasteiger partial charge in [-0.3, -0.25) is 19.4 Å². The molecule has 0 unspecified atom stereocenters. The number of ether oxygens (including phenoxy) is 3. The lowest BCUT2D eigenvalue weighted by molar-refractivity contribution is -0.127. The molecule has 0 fully saturated rings. The number of pyridine rings is 1. The number of hydrogen-bond donors (Lipinski definition) is 7. The van der Waals surface area contributed by atoms with E-state index >= 15 is 0 Å². The number of nitrogen functional groups attached to an aromatic ring is 1. The molecule has 3 heterocycles. The van der Waals surface area contributed by atoms with E-state index in [0.29, 0.717) is 72.1 Å². The van der Waals surface area contributed by atoms with Crippen LogP contribution in [0.2, 0.25) is 0 Å². The van der Waals surface area contributed by atoms with Gasteiger partial charge in [-0.25, -0.2) is 19.6 Å². The maximum absolute atomic E-state index is 13.2. The van der Waals surface area contributed by atoms with Crippen LogP contribution < -0.4 is 52.4 Å². The molecular formula is C41H51N11O8. The summed E-state index contributed by atoms with van der Waals surface area (Å²) in [4.78, 5) is 76.9. The van der Waals surface area contributed by atoms with Crippen molar-refractivity contribution in [3.8, 4) is 22.8 Å². The fourth-order valence-electron chi connectivity index (χ4n) is 6.01. The van der Waals surface area contributed by atoms with Crippen LogP contribution in [-0.2, 0) is 20.9 Å². The van der Waals surface area contributed by atoms with E-state index in [4.69, 9.17) is 25.7 Å². The van der Waals surface area contributed by atoms with E-state index in [1.165, 1.54) is 6.20 Å². The number of nitrogens with two attached hydrogens (primary N) is 2. The number of hydrogen-bond acceptors (Lipinski definition) is 13. The number of nitrogens with one attached hydrogen (secondary N) is 5. The summed E-state index contributed by atoms with van der Waals surface area (Å²) in [7, 11) is 1.88. The number of alkyl carbamates (subject to hydrolysis) is 1. The number of likely N-dealkylation sites (N-methyl/N-ethyl adjacent to an activating group) is 1. The van der Waals surface area contributed by atoms with E-state index in [1.807, 2.05) is 25.8 Å². The van der Waals surface area contributed by atoms with Crippen molar-refractivity contribution in [2.45, 2.75) is 52.2 Å². The number of anilines is 4. The summed E-state index contributed by atoms with van der Waals surface area (Å²) in [5, 5.41) is 13.6. The van der Waals surface area contributed by atoms with Crippen LogP contribution in [0.5, 0.6) is 11.5 Å². The highest BCUT2D eigenvalue weighted by Crippen LogP contribution is 2.34. The Labute approximate surface area is 347 Å². The van der Waals surface area contributed by atoms with Gasteiger partial charge in [-0.1, -0.05) is 26.0 Å². The van der Waals surface area contributed by atoms with E-state index in [0.717, 1.165) is 5.69 Å². The highest BCUT2D eigenvalue weighted by atomic mass is 16.5. The standard InChI is InChI=1S/C41H51N11O8/c1-25(2)20-35(53)49-30(6-4-14-45-40(43)56)38(54)48-27-9-7-26(8-10-27)24-60-41(57)46-15-5-18-58-28-11-12-29-31-23-47-37(42)36(50-31)39(55)51-32-22-44-16-13-33(32)52(3)17-19-59-34(29)21-28/h7-13,16,21-23,25,30H,4-6,14-15,17-20,24H2,1-3H3,(H2,42,47)(H,46,57)(H,48,54)(H,49,53)(H,51,55)(H3,43,45,56)/t30-/m0/s1. The molecule has 6 amide bonds. The summed E-state index contributed by atoms with van der Waals surface area (Å²) in [5.74, 6) is -0.0830. The maximum Gasteiger partial charge on any atom is 0.407 e. The number of urea groups is 1. The minimum absolute atomic E-state index is 0.00348. The fourth-order valence-corrected chi connectivity index (χ4v) is 6.01. The minimum atomic E-state index is -0.810. The number of fused-ring (bicyclic) bond motifs is 5. The van der Waals surface area contributed by atoms with Gasteiger partial charge in [0.2, 0.25) is 11.8 Å². The molecule has 19 nitrogen and oxygen atoms in total. The predicted octanol–water partition coefficient (Wildman–Crippen LogP) is 3.81. The molecule has 1 aliphatic rings. The molecule has 19 heteroatoms. The van der Waals surface area contributed by atoms with Crippen LogP contribution >= 0.6 is 0 Å². The summed E-state index contributed by atoms with van der Waals surface area (Å²) < 4.78 is 17.6. The van der Waals surface area contributed by atoms with Crippen LogP contribution in [0.4, 0.5) is 32.5 Å². The van der Waals surface area contributed by atoms with Crippen molar-refractivity contribution in [3.63, 3.8) is 0 Å². The summed E-state index contributed by atoms with van der Waals surface area (Å²) in [6, 6.07) is 12.3. The van der Waals surface area contributed by atoms with Crippen molar-refractivity contribution >= 4 is 52.7 Å². The van der Waals surface area contributed by atoms with Gasteiger partial charge < -0.3 is 57.2 Å². The second-order valence-electron chi connectivity index (χ2n) is 14.3. The van der Waals surface area contributed by atoms with Crippen molar-refractivity contribution in [3.05, 3.63) is 78.4 Å². The quantitative estimate of drug-likeness (QED) is 0.0794. The van der Waals surface area contributed by atoms with Crippen LogP contribution in [0, 0.1) is 5.92 Å². The number of aromatic nitrogens is 3. The molecule has 4 aromatic rings. The molecule has 2 aromatic heterocycles. The van der Waals surface area contributed by atoms with Gasteiger partial charge in [-0.05, 0) is 61.1 Å². The molecule has 1 aliphatic heterocycles. The zero-order valence-electron chi connectivity index (χ0n) is 33.8. The summed E-state index contributed by atoms with van der Waals surface area (Å²) in [6.07, 6.45) is 5.52. The van der Waals surface area contributed by atoms with Gasteiger partial charge in [-0.15, -0.1) is 0 Å². The molecular weight excluding hydrogens is 775 g/mol. The molecule has 0 saturated heterocycles. The van der Waals surface area contributed by atoms with Crippen molar-refractivity contribution in [2.75, 3.05) is 61.2 Å². The number of amides is 6. The lowest BCUT2D eigenvalue weighted by Gasteiger charge is -2.22. The Morgan fingerprint density at radius 3 is 2.57 bits per heavy atom. The highest BCUT2D eigenvalue weighted by Gasteiger charge is 2.23. The van der Waals surface area contributed by atoms with E-state index in [2.05, 4.69) is 41.5 Å². The molecule has 0 aliphatic carbocycles. The SMILES string of the molecule is CC(C)CC(=O)N[C@@H](CCCNC(N)=O)C(=O)Nc1ccc(COC(=O)NCCCOc2ccc3c(c2)OCCN(C)c2ccncc2NC(=O)c2nc-3cnc2N)cc1. The van der Waals surface area contributed by atoms with Crippen LogP contribution in [0.25, 0.3) is 11.3 Å². The van der Waals surface area contributed by atoms with Gasteiger partial charge in [0.15, 0.2) is 11.5 Å². The third-order valence-electron chi connectivity index (χ3n) is 9.05. The first-order valence-electron chi connectivity index (χ1n) is 19.5. The largest absolute Gasteiger partial charge is 0.493 e. The van der Waals surface area contributed by atoms with Crippen LogP contribution in [0.3, 0.4) is 0 Å². The minimum Gasteiger partial charge on any atom is -0.493 e. The Morgan fingerprint density at radius 1 is 1.02 bits per heavy atom. The molecule has 1 atom stereocenters. The number of carbonyl (C=O) groups is 5. The zero-order valence-corrected chi connectivity index (χ0v) is 33.8. The van der Waals surface area contributed by atoms with Crippen LogP contribution in [0.1, 0.15) is 55.6 Å². The Kier molecular flexibility index (Phi) is 15.8. The average Bonchev–Trinajstić information content (AvgIpc) is 3.21. The second-order valence-corrected chi connectivity index (χ2v) is 14.3. The maximum atomic E-state index is 13.2. The second kappa shape index (κ2) is 21.5. The number of nitrogens with zero attached hydrogens (tertiary/aromatic N) is 4. The summed E-state index contributed by atoms with van der Waals surface area (Å²) in [6.45, 7) is 5.42. The average molecular weight is 826 g/mol. The van der Waals surface area contributed by atoms with Gasteiger partial charge >= 0.3 is 12.1 Å². The third kappa shape index (κ3) is 13.2. The van der Waals surface area contributed by atoms with E-state index in [9.17, 15) is 24.0 Å². The monoisotopic (exact) mass is 825 g/mol. The molecule has 318 valence electrons. The predicted molar refractivity (Wildman–Crippen MR) is 224 cm³/mol. The van der Waals surface area contributed by atoms with Gasteiger partial charge in [-0.2, -0.15) is 0 Å². The smallest absolute Gasteiger partial charge is 0.407 e. The molecule has 2 aromatic carbocycles. The number of benzene rings is 2. The van der Waals surface area contributed by atoms with E-state index in [1.54, 1.807) is 60.9 Å². The van der Waals surface area contributed by atoms with Crippen molar-refractivity contribution in [1.82, 2.24) is 30.9 Å². The first-order valence-corrected chi connectivity index (χ1v) is 19.5. The Morgan fingerprint density at radius 2 is 1.80 bits per heavy atom. The van der Waals surface area contributed by atoms with Gasteiger partial charge in [0.25, 0.3) is 5.91 Å². The Bertz CT molecular complexity index is 2130. The summed E-state index contributed by atoms with van der Waals surface area (Å²) in [5.41, 5.74) is 14.5. The Balaban J connectivity index is 1.08. The normalized spacial score (nSPS) is 12.7. The molecule has 2 bridgehead atoms. The van der Waals surface area contributed by atoms with Crippen LogP contribution in [0.15, 0.2) is 67.1 Å². The molecule has 0 saturated carbocycles. The van der Waals surface area contributed by atoms with Gasteiger partial charge in [0.1, 0.15) is 30.8 Å². The van der Waals surface area contributed by atoms with Crippen molar-refractivity contribution in [1.29, 1.82) is 0 Å². The number of rotatable bonds is 16. The Hall–Kier alpha value is -7.18. The third-order valence-corrected chi connectivity index (χ3v) is 9.05. The highest BCUT2D eigenvalue weighted by molar-refractivity contribution is 6.07. The lowest BCUT2D eigenvalue weighted by Crippen LogP contribution is -2.44. The van der Waals surface area contributed by atoms with E-state index < -0.39 is 30.0 Å². The lowest BCUT2D eigenvalue weighted by atomic mass is 10.1. The first kappa shape index (κ1) is 43.9. The zero-order chi connectivity index (χ0) is 43.0. The fraction of sp³-hybridized carbons (Fsp3) is 0.366. The van der Waals surface area contributed by atoms with Crippen molar-refractivity contribution < 1.29 is 38.2 Å². The topological polar surface area (TPSA) is 267 Å². The van der Waals surface area contributed by atoms with E-state index in [-0.39, 0.29) is 56.1 Å². The van der Waals surface area contributed by atoms with Gasteiger partial charge in [0, 0.05) is 50.1 Å². The molecule has 5 rings (SSSR count). The van der Waals surface area contributed by atoms with Crippen molar-refractivity contribution in [2.24, 2.45) is 11.7 Å². The number of primary amides is 1. The molecule has 9 N–H and O–H groups in total. The molecule has 60 heavy (non-hydrogen) atoms. The first-order chi connectivity index (χ1) is 28.9. The number of carbonyl (C=O) groups excluding carboxylic acids is 5. The van der Waals surface area contributed by atoms with Crippen LogP contribution in [-0.4, -0.2) is 90.7 Å². The molecule has 0 radical (unpaired) electrons. The molecule has 0 spiro atoms. The summed E-state index contributed by atoms with van der Waals surface area (Å²) >= 11 is 0. The van der Waals surface area contributed by atoms with Gasteiger partial charge in [0.05, 0.1) is 42.6 Å².